The maximum Gasteiger partial charge on any atom is 0.277 e. The predicted molar refractivity (Wildman–Crippen MR) is 104 cm³/mol. The molecule has 3 unspecified atom stereocenters. The molecule has 2 saturated heterocycles. The zero-order valence-electron chi connectivity index (χ0n) is 16.2. The van der Waals surface area contributed by atoms with Crippen molar-refractivity contribution in [2.45, 2.75) is 39.2 Å². The molecule has 0 spiro atoms. The van der Waals surface area contributed by atoms with Crippen LogP contribution in [0.2, 0.25) is 0 Å². The number of carbonyl (C=O) groups is 2. The lowest BCUT2D eigenvalue weighted by atomic mass is 9.91. The number of hydrogen-bond donors (Lipinski definition) is 0. The third kappa shape index (κ3) is 3.53. The molecule has 5 nitrogen and oxygen atoms in total. The van der Waals surface area contributed by atoms with Gasteiger partial charge in [0.15, 0.2) is 0 Å². The van der Waals surface area contributed by atoms with E-state index in [1.165, 1.54) is 4.90 Å². The SMILES string of the molecule is CC1CC(C)CN(C2=C(c3ccccc3)C(=O)N(CC3CCCO3)C2=O)C1. The average Bonchev–Trinajstić information content (AvgIpc) is 3.24. The van der Waals surface area contributed by atoms with Gasteiger partial charge in [-0.25, -0.2) is 0 Å². The molecule has 1 aromatic rings. The highest BCUT2D eigenvalue weighted by Gasteiger charge is 2.43. The van der Waals surface area contributed by atoms with Gasteiger partial charge < -0.3 is 9.64 Å². The van der Waals surface area contributed by atoms with Gasteiger partial charge in [-0.3, -0.25) is 14.5 Å². The van der Waals surface area contributed by atoms with Crippen LogP contribution in [0.4, 0.5) is 0 Å². The molecule has 3 aliphatic heterocycles. The van der Waals surface area contributed by atoms with Gasteiger partial charge in [0.1, 0.15) is 5.70 Å². The highest BCUT2D eigenvalue weighted by Crippen LogP contribution is 2.35. The summed E-state index contributed by atoms with van der Waals surface area (Å²) in [6.07, 6.45) is 3.03. The van der Waals surface area contributed by atoms with Crippen LogP contribution in [0.1, 0.15) is 38.7 Å². The predicted octanol–water partition coefficient (Wildman–Crippen LogP) is 2.92. The lowest BCUT2D eigenvalue weighted by Gasteiger charge is -2.37. The van der Waals surface area contributed by atoms with Crippen molar-refractivity contribution < 1.29 is 14.3 Å². The van der Waals surface area contributed by atoms with E-state index in [0.717, 1.165) is 37.9 Å². The summed E-state index contributed by atoms with van der Waals surface area (Å²) in [5, 5.41) is 0. The molecule has 3 atom stereocenters. The molecule has 0 aliphatic carbocycles. The minimum atomic E-state index is -0.178. The lowest BCUT2D eigenvalue weighted by molar-refractivity contribution is -0.139. The Labute approximate surface area is 161 Å². The Morgan fingerprint density at radius 1 is 1.04 bits per heavy atom. The van der Waals surface area contributed by atoms with Gasteiger partial charge in [0.05, 0.1) is 18.2 Å². The Balaban J connectivity index is 1.70. The van der Waals surface area contributed by atoms with Crippen LogP contribution >= 0.6 is 0 Å². The van der Waals surface area contributed by atoms with Gasteiger partial charge in [-0.2, -0.15) is 0 Å². The lowest BCUT2D eigenvalue weighted by Crippen LogP contribution is -2.43. The molecule has 4 rings (SSSR count). The molecule has 3 heterocycles. The second-order valence-corrected chi connectivity index (χ2v) is 8.30. The number of imide groups is 1. The molecular formula is C22H28N2O3. The Morgan fingerprint density at radius 2 is 1.74 bits per heavy atom. The van der Waals surface area contributed by atoms with Crippen LogP contribution in [-0.2, 0) is 14.3 Å². The van der Waals surface area contributed by atoms with Gasteiger partial charge >= 0.3 is 0 Å². The largest absolute Gasteiger partial charge is 0.376 e. The molecule has 5 heteroatoms. The van der Waals surface area contributed by atoms with Crippen molar-refractivity contribution in [3.8, 4) is 0 Å². The summed E-state index contributed by atoms with van der Waals surface area (Å²) < 4.78 is 5.69. The fourth-order valence-electron chi connectivity index (χ4n) is 4.72. The molecule has 27 heavy (non-hydrogen) atoms. The van der Waals surface area contributed by atoms with Gasteiger partial charge in [0, 0.05) is 19.7 Å². The van der Waals surface area contributed by atoms with Crippen LogP contribution in [0.25, 0.3) is 5.57 Å². The molecule has 2 amide bonds. The maximum atomic E-state index is 13.4. The third-order valence-electron chi connectivity index (χ3n) is 5.80. The number of piperidine rings is 1. The van der Waals surface area contributed by atoms with Crippen LogP contribution in [0, 0.1) is 11.8 Å². The average molecular weight is 368 g/mol. The van der Waals surface area contributed by atoms with Crippen LogP contribution in [-0.4, -0.2) is 54.0 Å². The van der Waals surface area contributed by atoms with Crippen LogP contribution < -0.4 is 0 Å². The Hall–Kier alpha value is -2.14. The van der Waals surface area contributed by atoms with E-state index in [2.05, 4.69) is 18.7 Å². The summed E-state index contributed by atoms with van der Waals surface area (Å²) in [6.45, 7) is 7.16. The second-order valence-electron chi connectivity index (χ2n) is 8.30. The Bertz CT molecular complexity index is 742. The standard InChI is InChI=1S/C22H28N2O3/c1-15-11-16(2)13-23(12-15)20-19(17-7-4-3-5-8-17)21(25)24(22(20)26)14-18-9-6-10-27-18/h3-5,7-8,15-16,18H,6,9-14H2,1-2H3. The smallest absolute Gasteiger partial charge is 0.277 e. The normalized spacial score (nSPS) is 29.2. The van der Waals surface area contributed by atoms with Crippen LogP contribution in [0.3, 0.4) is 0 Å². The Morgan fingerprint density at radius 3 is 2.37 bits per heavy atom. The van der Waals surface area contributed by atoms with Gasteiger partial charge in [0.25, 0.3) is 11.8 Å². The summed E-state index contributed by atoms with van der Waals surface area (Å²) >= 11 is 0. The van der Waals surface area contributed by atoms with Gasteiger partial charge in [-0.05, 0) is 36.7 Å². The minimum Gasteiger partial charge on any atom is -0.376 e. The summed E-state index contributed by atoms with van der Waals surface area (Å²) in [5.41, 5.74) is 1.97. The van der Waals surface area contributed by atoms with Crippen molar-refractivity contribution in [2.75, 3.05) is 26.2 Å². The number of hydrogen-bond acceptors (Lipinski definition) is 4. The first-order valence-electron chi connectivity index (χ1n) is 10.1. The first-order chi connectivity index (χ1) is 13.0. The minimum absolute atomic E-state index is 0.0338. The van der Waals surface area contributed by atoms with Gasteiger partial charge in [-0.15, -0.1) is 0 Å². The number of nitrogens with zero attached hydrogens (tertiary/aromatic N) is 2. The third-order valence-corrected chi connectivity index (χ3v) is 5.80. The molecule has 0 saturated carbocycles. The molecule has 144 valence electrons. The molecule has 2 fully saturated rings. The summed E-state index contributed by atoms with van der Waals surface area (Å²) in [7, 11) is 0. The van der Waals surface area contributed by atoms with E-state index in [1.54, 1.807) is 0 Å². The van der Waals surface area contributed by atoms with Crippen molar-refractivity contribution in [1.29, 1.82) is 0 Å². The number of benzene rings is 1. The van der Waals surface area contributed by atoms with Crippen molar-refractivity contribution in [3.05, 3.63) is 41.6 Å². The van der Waals surface area contributed by atoms with E-state index in [1.807, 2.05) is 30.3 Å². The highest BCUT2D eigenvalue weighted by molar-refractivity contribution is 6.35. The quantitative estimate of drug-likeness (QED) is 0.767. The van der Waals surface area contributed by atoms with E-state index in [9.17, 15) is 9.59 Å². The van der Waals surface area contributed by atoms with E-state index in [4.69, 9.17) is 4.74 Å². The highest BCUT2D eigenvalue weighted by atomic mass is 16.5. The number of rotatable bonds is 4. The van der Waals surface area contributed by atoms with Crippen molar-refractivity contribution in [3.63, 3.8) is 0 Å². The van der Waals surface area contributed by atoms with E-state index < -0.39 is 0 Å². The molecule has 1 aromatic carbocycles. The Kier molecular flexibility index (Phi) is 5.04. The molecule has 0 aromatic heterocycles. The summed E-state index contributed by atoms with van der Waals surface area (Å²) in [6, 6.07) is 9.61. The summed E-state index contributed by atoms with van der Waals surface area (Å²) in [4.78, 5) is 30.2. The molecular weight excluding hydrogens is 340 g/mol. The molecule has 3 aliphatic rings. The second kappa shape index (κ2) is 7.47. The monoisotopic (exact) mass is 368 g/mol. The molecule has 0 bridgehead atoms. The van der Waals surface area contributed by atoms with Crippen molar-refractivity contribution >= 4 is 17.4 Å². The van der Waals surface area contributed by atoms with E-state index in [0.29, 0.717) is 36.3 Å². The number of amides is 2. The van der Waals surface area contributed by atoms with Gasteiger partial charge in [-0.1, -0.05) is 44.2 Å². The van der Waals surface area contributed by atoms with Crippen molar-refractivity contribution in [1.82, 2.24) is 9.80 Å². The zero-order chi connectivity index (χ0) is 19.0. The van der Waals surface area contributed by atoms with Crippen molar-refractivity contribution in [2.24, 2.45) is 11.8 Å². The van der Waals surface area contributed by atoms with Crippen LogP contribution in [0.5, 0.6) is 0 Å². The van der Waals surface area contributed by atoms with E-state index in [-0.39, 0.29) is 17.9 Å². The topological polar surface area (TPSA) is 49.9 Å². The molecule has 0 N–H and O–H groups in total. The maximum absolute atomic E-state index is 13.4. The van der Waals surface area contributed by atoms with Crippen LogP contribution in [0.15, 0.2) is 36.0 Å². The first kappa shape index (κ1) is 18.2. The summed E-state index contributed by atoms with van der Waals surface area (Å²) in [5.74, 6) is 0.681. The molecule has 0 radical (unpaired) electrons. The first-order valence-corrected chi connectivity index (χ1v) is 10.1. The number of ether oxygens (including phenoxy) is 1. The zero-order valence-corrected chi connectivity index (χ0v) is 16.2. The fourth-order valence-corrected chi connectivity index (χ4v) is 4.72. The van der Waals surface area contributed by atoms with Gasteiger partial charge in [0.2, 0.25) is 0 Å². The van der Waals surface area contributed by atoms with E-state index >= 15 is 0 Å². The fraction of sp³-hybridized carbons (Fsp3) is 0.545. The number of likely N-dealkylation sites (tertiary alicyclic amines) is 1. The number of carbonyl (C=O) groups excluding carboxylic acids is 2.